The van der Waals surface area contributed by atoms with E-state index < -0.39 is 0 Å². The van der Waals surface area contributed by atoms with Crippen molar-refractivity contribution in [3.05, 3.63) is 70.8 Å². The average Bonchev–Trinajstić information content (AvgIpc) is 2.76. The molecule has 30 heavy (non-hydrogen) atoms. The molecule has 0 radical (unpaired) electrons. The monoisotopic (exact) mass is 405 g/mol. The average molecular weight is 406 g/mol. The van der Waals surface area contributed by atoms with Gasteiger partial charge in [-0.05, 0) is 50.3 Å². The quantitative estimate of drug-likeness (QED) is 0.766. The SMILES string of the molecule is Cc1cccc(C)c1C(=O)N1CCC(N2CCN(Cc3ccccc3)C(C)C2)CC1. The minimum atomic E-state index is 0.213. The molecule has 2 aliphatic rings. The van der Waals surface area contributed by atoms with Crippen LogP contribution in [-0.4, -0.2) is 65.4 Å². The van der Waals surface area contributed by atoms with E-state index in [9.17, 15) is 4.79 Å². The van der Waals surface area contributed by atoms with Gasteiger partial charge in [0.05, 0.1) is 0 Å². The molecule has 1 atom stereocenters. The Bertz CT molecular complexity index is 838. The highest BCUT2D eigenvalue weighted by Gasteiger charge is 2.32. The first-order chi connectivity index (χ1) is 14.5. The van der Waals surface area contributed by atoms with Crippen molar-refractivity contribution >= 4 is 5.91 Å². The minimum Gasteiger partial charge on any atom is -0.339 e. The van der Waals surface area contributed by atoms with Crippen LogP contribution in [0, 0.1) is 13.8 Å². The lowest BCUT2D eigenvalue weighted by molar-refractivity contribution is 0.0259. The Balaban J connectivity index is 1.30. The number of piperazine rings is 1. The van der Waals surface area contributed by atoms with Crippen LogP contribution in [-0.2, 0) is 6.54 Å². The molecule has 4 rings (SSSR count). The van der Waals surface area contributed by atoms with Gasteiger partial charge in [0, 0.05) is 56.9 Å². The summed E-state index contributed by atoms with van der Waals surface area (Å²) in [5, 5.41) is 0. The van der Waals surface area contributed by atoms with Crippen LogP contribution >= 0.6 is 0 Å². The van der Waals surface area contributed by atoms with Crippen LogP contribution in [0.5, 0.6) is 0 Å². The molecular weight excluding hydrogens is 370 g/mol. The van der Waals surface area contributed by atoms with E-state index in [0.29, 0.717) is 12.1 Å². The van der Waals surface area contributed by atoms with Crippen molar-refractivity contribution in [1.82, 2.24) is 14.7 Å². The van der Waals surface area contributed by atoms with E-state index >= 15 is 0 Å². The van der Waals surface area contributed by atoms with Crippen molar-refractivity contribution in [3.63, 3.8) is 0 Å². The molecule has 0 saturated carbocycles. The maximum Gasteiger partial charge on any atom is 0.254 e. The van der Waals surface area contributed by atoms with E-state index in [0.717, 1.165) is 68.8 Å². The summed E-state index contributed by atoms with van der Waals surface area (Å²) in [6, 6.07) is 18.1. The van der Waals surface area contributed by atoms with Gasteiger partial charge >= 0.3 is 0 Å². The van der Waals surface area contributed by atoms with Crippen molar-refractivity contribution in [3.8, 4) is 0 Å². The molecule has 0 aliphatic carbocycles. The number of carbonyl (C=O) groups is 1. The number of hydrogen-bond donors (Lipinski definition) is 0. The van der Waals surface area contributed by atoms with Crippen molar-refractivity contribution in [2.45, 2.75) is 52.2 Å². The predicted molar refractivity (Wildman–Crippen MR) is 123 cm³/mol. The van der Waals surface area contributed by atoms with Crippen LogP contribution in [0.25, 0.3) is 0 Å². The summed E-state index contributed by atoms with van der Waals surface area (Å²) in [5.74, 6) is 0.213. The van der Waals surface area contributed by atoms with Gasteiger partial charge in [-0.15, -0.1) is 0 Å². The Kier molecular flexibility index (Phi) is 6.55. The maximum absolute atomic E-state index is 13.1. The zero-order valence-electron chi connectivity index (χ0n) is 18.7. The molecule has 0 bridgehead atoms. The van der Waals surface area contributed by atoms with E-state index in [1.807, 2.05) is 32.0 Å². The van der Waals surface area contributed by atoms with Crippen LogP contribution in [0.1, 0.15) is 46.8 Å². The van der Waals surface area contributed by atoms with Crippen LogP contribution in [0.2, 0.25) is 0 Å². The summed E-state index contributed by atoms with van der Waals surface area (Å²) in [6.07, 6.45) is 2.17. The molecule has 0 spiro atoms. The number of benzene rings is 2. The number of amides is 1. The first-order valence-electron chi connectivity index (χ1n) is 11.4. The smallest absolute Gasteiger partial charge is 0.254 e. The van der Waals surface area contributed by atoms with Gasteiger partial charge in [-0.1, -0.05) is 48.5 Å². The topological polar surface area (TPSA) is 26.8 Å². The normalized spacial score (nSPS) is 21.7. The summed E-state index contributed by atoms with van der Waals surface area (Å²) in [7, 11) is 0. The molecule has 2 aromatic carbocycles. The van der Waals surface area contributed by atoms with Crippen LogP contribution in [0.3, 0.4) is 0 Å². The summed E-state index contributed by atoms with van der Waals surface area (Å²) in [5.41, 5.74) is 4.48. The maximum atomic E-state index is 13.1. The Labute approximate surface area is 181 Å². The van der Waals surface area contributed by atoms with Gasteiger partial charge in [-0.2, -0.15) is 0 Å². The first kappa shape index (κ1) is 21.1. The predicted octanol–water partition coefficient (Wildman–Crippen LogP) is 4.11. The van der Waals surface area contributed by atoms with Gasteiger partial charge < -0.3 is 4.90 Å². The molecule has 0 aromatic heterocycles. The highest BCUT2D eigenvalue weighted by Crippen LogP contribution is 2.24. The third-order valence-corrected chi connectivity index (χ3v) is 6.99. The molecule has 2 heterocycles. The Morgan fingerprint density at radius 2 is 1.57 bits per heavy atom. The number of hydrogen-bond acceptors (Lipinski definition) is 3. The molecular formula is C26H35N3O. The molecule has 2 saturated heterocycles. The fourth-order valence-electron chi connectivity index (χ4n) is 5.15. The zero-order valence-corrected chi connectivity index (χ0v) is 18.7. The van der Waals surface area contributed by atoms with E-state index in [2.05, 4.69) is 52.0 Å². The molecule has 4 nitrogen and oxygen atoms in total. The van der Waals surface area contributed by atoms with E-state index in [1.54, 1.807) is 0 Å². The zero-order chi connectivity index (χ0) is 21.1. The molecule has 2 aromatic rings. The molecule has 0 N–H and O–H groups in total. The Morgan fingerprint density at radius 3 is 2.20 bits per heavy atom. The molecule has 4 heteroatoms. The number of aryl methyl sites for hydroxylation is 2. The van der Waals surface area contributed by atoms with Crippen molar-refractivity contribution in [1.29, 1.82) is 0 Å². The molecule has 1 unspecified atom stereocenters. The number of piperidine rings is 1. The van der Waals surface area contributed by atoms with Crippen LogP contribution < -0.4 is 0 Å². The highest BCUT2D eigenvalue weighted by molar-refractivity contribution is 5.97. The largest absolute Gasteiger partial charge is 0.339 e. The van der Waals surface area contributed by atoms with Crippen molar-refractivity contribution < 1.29 is 4.79 Å². The lowest BCUT2D eigenvalue weighted by Crippen LogP contribution is -2.56. The number of nitrogens with zero attached hydrogens (tertiary/aromatic N) is 3. The molecule has 2 fully saturated rings. The molecule has 160 valence electrons. The second-order valence-corrected chi connectivity index (χ2v) is 9.09. The van der Waals surface area contributed by atoms with E-state index in [1.165, 1.54) is 5.56 Å². The van der Waals surface area contributed by atoms with Gasteiger partial charge in [0.15, 0.2) is 0 Å². The fraction of sp³-hybridized carbons (Fsp3) is 0.500. The second kappa shape index (κ2) is 9.32. The van der Waals surface area contributed by atoms with Gasteiger partial charge in [0.2, 0.25) is 0 Å². The summed E-state index contributed by atoms with van der Waals surface area (Å²) in [4.78, 5) is 20.4. The van der Waals surface area contributed by atoms with Gasteiger partial charge in [0.1, 0.15) is 0 Å². The van der Waals surface area contributed by atoms with Crippen molar-refractivity contribution in [2.75, 3.05) is 32.7 Å². The van der Waals surface area contributed by atoms with Gasteiger partial charge in [-0.25, -0.2) is 0 Å². The third kappa shape index (κ3) is 4.60. The lowest BCUT2D eigenvalue weighted by Gasteiger charge is -2.45. The number of rotatable bonds is 4. The summed E-state index contributed by atoms with van der Waals surface area (Å²) < 4.78 is 0. The van der Waals surface area contributed by atoms with E-state index in [4.69, 9.17) is 0 Å². The lowest BCUT2D eigenvalue weighted by atomic mass is 9.97. The second-order valence-electron chi connectivity index (χ2n) is 9.09. The van der Waals surface area contributed by atoms with Crippen molar-refractivity contribution in [2.24, 2.45) is 0 Å². The third-order valence-electron chi connectivity index (χ3n) is 6.99. The summed E-state index contributed by atoms with van der Waals surface area (Å²) >= 11 is 0. The van der Waals surface area contributed by atoms with Crippen LogP contribution in [0.15, 0.2) is 48.5 Å². The summed E-state index contributed by atoms with van der Waals surface area (Å²) in [6.45, 7) is 12.6. The van der Waals surface area contributed by atoms with Gasteiger partial charge in [-0.3, -0.25) is 14.6 Å². The molecule has 1 amide bonds. The first-order valence-corrected chi connectivity index (χ1v) is 11.4. The van der Waals surface area contributed by atoms with Gasteiger partial charge in [0.25, 0.3) is 5.91 Å². The Morgan fingerprint density at radius 1 is 0.900 bits per heavy atom. The number of carbonyl (C=O) groups excluding carboxylic acids is 1. The van der Waals surface area contributed by atoms with E-state index in [-0.39, 0.29) is 5.91 Å². The fourth-order valence-corrected chi connectivity index (χ4v) is 5.15. The minimum absolute atomic E-state index is 0.213. The number of likely N-dealkylation sites (tertiary alicyclic amines) is 1. The highest BCUT2D eigenvalue weighted by atomic mass is 16.2. The standard InChI is InChI=1S/C26H35N3O/c1-20-8-7-9-21(2)25(20)26(30)27-14-12-24(13-15-27)29-17-16-28(22(3)18-29)19-23-10-5-4-6-11-23/h4-11,22,24H,12-19H2,1-3H3. The Hall–Kier alpha value is -2.17. The van der Waals surface area contributed by atoms with Crippen LogP contribution in [0.4, 0.5) is 0 Å². The molecule has 2 aliphatic heterocycles.